The number of carbonyl (C=O) groups excluding carboxylic acids is 1. The van der Waals surface area contributed by atoms with Crippen molar-refractivity contribution in [1.29, 1.82) is 0 Å². The van der Waals surface area contributed by atoms with Crippen molar-refractivity contribution in [1.82, 2.24) is 4.90 Å². The molecule has 1 atom stereocenters. The van der Waals surface area contributed by atoms with Crippen molar-refractivity contribution in [3.8, 4) is 11.1 Å². The van der Waals surface area contributed by atoms with Crippen molar-refractivity contribution < 1.29 is 18.3 Å². The standard InChI is InChI=1S/C20H20F2N2O2/c21-16-10-15(13-4-2-1-3-5-13)18(11-17(16)22)23-20(25)26-19-12-24-8-6-14(19)7-9-24/h1-5,10-11,14,19H,6-9,12H2,(H,23,25)/t19-/m0/s1. The number of rotatable bonds is 3. The second-order valence-electron chi connectivity index (χ2n) is 6.88. The molecule has 136 valence electrons. The molecule has 0 saturated carbocycles. The molecule has 3 aliphatic rings. The van der Waals surface area contributed by atoms with E-state index in [1.165, 1.54) is 0 Å². The Morgan fingerprint density at radius 2 is 1.77 bits per heavy atom. The van der Waals surface area contributed by atoms with E-state index >= 15 is 0 Å². The number of hydrogen-bond donors (Lipinski definition) is 1. The molecule has 2 aromatic rings. The third-order valence-corrected chi connectivity index (χ3v) is 5.24. The lowest BCUT2D eigenvalue weighted by Crippen LogP contribution is -2.52. The molecule has 1 N–H and O–H groups in total. The van der Waals surface area contributed by atoms with Crippen LogP contribution >= 0.6 is 0 Å². The molecule has 3 fully saturated rings. The molecule has 3 aliphatic heterocycles. The van der Waals surface area contributed by atoms with E-state index in [0.717, 1.165) is 44.6 Å². The van der Waals surface area contributed by atoms with Gasteiger partial charge >= 0.3 is 6.09 Å². The Balaban J connectivity index is 1.54. The lowest BCUT2D eigenvalue weighted by molar-refractivity contribution is -0.0289. The van der Waals surface area contributed by atoms with Crippen LogP contribution in [-0.2, 0) is 4.74 Å². The minimum Gasteiger partial charge on any atom is -0.444 e. The maximum absolute atomic E-state index is 13.7. The van der Waals surface area contributed by atoms with Gasteiger partial charge in [-0.3, -0.25) is 10.2 Å². The van der Waals surface area contributed by atoms with Gasteiger partial charge in [0, 0.05) is 18.2 Å². The van der Waals surface area contributed by atoms with Crippen LogP contribution in [0.4, 0.5) is 19.3 Å². The van der Waals surface area contributed by atoms with E-state index in [1.807, 2.05) is 6.07 Å². The number of halogens is 2. The maximum Gasteiger partial charge on any atom is 0.411 e. The van der Waals surface area contributed by atoms with Crippen molar-refractivity contribution in [2.75, 3.05) is 25.0 Å². The Kier molecular flexibility index (Phi) is 4.59. The Hall–Kier alpha value is -2.47. The topological polar surface area (TPSA) is 41.6 Å². The molecule has 1 amide bonds. The van der Waals surface area contributed by atoms with E-state index in [-0.39, 0.29) is 11.8 Å². The van der Waals surface area contributed by atoms with Crippen LogP contribution in [0.1, 0.15) is 12.8 Å². The zero-order chi connectivity index (χ0) is 18.1. The van der Waals surface area contributed by atoms with Gasteiger partial charge in [0.25, 0.3) is 0 Å². The van der Waals surface area contributed by atoms with Crippen molar-refractivity contribution in [3.63, 3.8) is 0 Å². The maximum atomic E-state index is 13.7. The Morgan fingerprint density at radius 1 is 1.08 bits per heavy atom. The van der Waals surface area contributed by atoms with Gasteiger partial charge in [-0.2, -0.15) is 0 Å². The Labute approximate surface area is 150 Å². The molecule has 2 bridgehead atoms. The summed E-state index contributed by atoms with van der Waals surface area (Å²) in [6, 6.07) is 11.1. The van der Waals surface area contributed by atoms with Crippen molar-refractivity contribution in [2.45, 2.75) is 18.9 Å². The van der Waals surface area contributed by atoms with E-state index in [1.54, 1.807) is 24.3 Å². The van der Waals surface area contributed by atoms with E-state index in [2.05, 4.69) is 10.2 Å². The first-order valence-corrected chi connectivity index (χ1v) is 8.84. The molecular weight excluding hydrogens is 338 g/mol. The number of amides is 1. The van der Waals surface area contributed by atoms with Crippen LogP contribution in [0.2, 0.25) is 0 Å². The number of anilines is 1. The molecule has 0 aliphatic carbocycles. The first-order valence-electron chi connectivity index (χ1n) is 8.84. The highest BCUT2D eigenvalue weighted by atomic mass is 19.2. The van der Waals surface area contributed by atoms with Crippen LogP contribution in [-0.4, -0.2) is 36.7 Å². The zero-order valence-corrected chi connectivity index (χ0v) is 14.3. The SMILES string of the molecule is O=C(Nc1cc(F)c(F)cc1-c1ccccc1)O[C@H]1CN2CCC1CC2. The molecule has 4 nitrogen and oxygen atoms in total. The largest absolute Gasteiger partial charge is 0.444 e. The summed E-state index contributed by atoms with van der Waals surface area (Å²) in [6.45, 7) is 2.84. The number of ether oxygens (including phenoxy) is 1. The molecule has 0 aromatic heterocycles. The van der Waals surface area contributed by atoms with Gasteiger partial charge in [0.05, 0.1) is 5.69 Å². The summed E-state index contributed by atoms with van der Waals surface area (Å²) < 4.78 is 33.0. The number of carbonyl (C=O) groups is 1. The first kappa shape index (κ1) is 17.0. The summed E-state index contributed by atoms with van der Waals surface area (Å²) in [4.78, 5) is 14.7. The summed E-state index contributed by atoms with van der Waals surface area (Å²) >= 11 is 0. The van der Waals surface area contributed by atoms with Gasteiger partial charge in [-0.05, 0) is 43.5 Å². The second-order valence-corrected chi connectivity index (χ2v) is 6.88. The van der Waals surface area contributed by atoms with Gasteiger partial charge in [0.1, 0.15) is 6.10 Å². The van der Waals surface area contributed by atoms with E-state index in [0.29, 0.717) is 17.0 Å². The molecule has 3 heterocycles. The molecule has 5 rings (SSSR count). The number of nitrogens with zero attached hydrogens (tertiary/aromatic N) is 1. The highest BCUT2D eigenvalue weighted by molar-refractivity contribution is 5.91. The summed E-state index contributed by atoms with van der Waals surface area (Å²) in [5.74, 6) is -1.59. The smallest absolute Gasteiger partial charge is 0.411 e. The highest BCUT2D eigenvalue weighted by Gasteiger charge is 2.36. The molecule has 0 spiro atoms. The van der Waals surface area contributed by atoms with Crippen LogP contribution < -0.4 is 5.32 Å². The van der Waals surface area contributed by atoms with Gasteiger partial charge in [-0.15, -0.1) is 0 Å². The highest BCUT2D eigenvalue weighted by Crippen LogP contribution is 2.32. The van der Waals surface area contributed by atoms with Gasteiger partial charge in [-0.25, -0.2) is 13.6 Å². The molecule has 6 heteroatoms. The first-order chi connectivity index (χ1) is 12.6. The fourth-order valence-electron chi connectivity index (χ4n) is 3.83. The quantitative estimate of drug-likeness (QED) is 0.891. The molecular formula is C20H20F2N2O2. The van der Waals surface area contributed by atoms with E-state index in [9.17, 15) is 13.6 Å². The van der Waals surface area contributed by atoms with E-state index in [4.69, 9.17) is 4.74 Å². The van der Waals surface area contributed by atoms with Gasteiger partial charge in [-0.1, -0.05) is 30.3 Å². The average molecular weight is 358 g/mol. The predicted octanol–water partition coefficient (Wildman–Crippen LogP) is 4.27. The van der Waals surface area contributed by atoms with Crippen LogP contribution in [0.5, 0.6) is 0 Å². The summed E-state index contributed by atoms with van der Waals surface area (Å²) in [6.07, 6.45) is 1.27. The fraction of sp³-hybridized carbons (Fsp3) is 0.350. The van der Waals surface area contributed by atoms with Gasteiger partial charge < -0.3 is 4.74 Å². The van der Waals surface area contributed by atoms with E-state index < -0.39 is 17.7 Å². The van der Waals surface area contributed by atoms with Crippen molar-refractivity contribution in [2.24, 2.45) is 5.92 Å². The van der Waals surface area contributed by atoms with Gasteiger partial charge in [0.15, 0.2) is 11.6 Å². The molecule has 26 heavy (non-hydrogen) atoms. The summed E-state index contributed by atoms with van der Waals surface area (Å²) in [5.41, 5.74) is 1.29. The molecule has 0 unspecified atom stereocenters. The van der Waals surface area contributed by atoms with Crippen LogP contribution in [0.3, 0.4) is 0 Å². The lowest BCUT2D eigenvalue weighted by Gasteiger charge is -2.43. The third-order valence-electron chi connectivity index (χ3n) is 5.24. The molecule has 3 saturated heterocycles. The van der Waals surface area contributed by atoms with Crippen LogP contribution in [0.15, 0.2) is 42.5 Å². The number of piperidine rings is 3. The fourth-order valence-corrected chi connectivity index (χ4v) is 3.83. The van der Waals surface area contributed by atoms with Gasteiger partial charge in [0.2, 0.25) is 0 Å². The normalized spacial score (nSPS) is 24.3. The van der Waals surface area contributed by atoms with Crippen molar-refractivity contribution >= 4 is 11.8 Å². The number of nitrogens with one attached hydrogen (secondary N) is 1. The van der Waals surface area contributed by atoms with Crippen molar-refractivity contribution in [3.05, 3.63) is 54.1 Å². The lowest BCUT2D eigenvalue weighted by atomic mass is 9.86. The van der Waals surface area contributed by atoms with Crippen LogP contribution in [0.25, 0.3) is 11.1 Å². The molecule has 2 aromatic carbocycles. The minimum absolute atomic E-state index is 0.150. The Bertz CT molecular complexity index is 805. The second kappa shape index (κ2) is 7.03. The monoisotopic (exact) mass is 358 g/mol. The summed E-state index contributed by atoms with van der Waals surface area (Å²) in [7, 11) is 0. The van der Waals surface area contributed by atoms with Crippen LogP contribution in [0, 0.1) is 17.6 Å². The average Bonchev–Trinajstić information content (AvgIpc) is 2.66. The predicted molar refractivity (Wildman–Crippen MR) is 94.8 cm³/mol. The number of benzene rings is 2. The Morgan fingerprint density at radius 3 is 2.42 bits per heavy atom. The number of fused-ring (bicyclic) bond motifs is 3. The minimum atomic E-state index is -1.01. The molecule has 0 radical (unpaired) electrons. The number of hydrogen-bond acceptors (Lipinski definition) is 3. The zero-order valence-electron chi connectivity index (χ0n) is 14.3. The third kappa shape index (κ3) is 3.42. The summed E-state index contributed by atoms with van der Waals surface area (Å²) in [5, 5.41) is 2.60.